The average Bonchev–Trinajstić information content (AvgIpc) is 2.57. The van der Waals surface area contributed by atoms with Crippen LogP contribution in [0.15, 0.2) is 48.9 Å². The highest BCUT2D eigenvalue weighted by Crippen LogP contribution is 2.47. The second kappa shape index (κ2) is 10.0. The minimum Gasteiger partial charge on any atom is -0.506 e. The lowest BCUT2D eigenvalue weighted by atomic mass is 10.3. The van der Waals surface area contributed by atoms with Gasteiger partial charge in [-0.05, 0) is 24.3 Å². The molecule has 0 spiro atoms. The van der Waals surface area contributed by atoms with Crippen LogP contribution < -0.4 is 0 Å². The summed E-state index contributed by atoms with van der Waals surface area (Å²) in [5, 5.41) is 8.57. The van der Waals surface area contributed by atoms with Gasteiger partial charge >= 0.3 is 7.82 Å². The molecule has 7 nitrogen and oxygen atoms in total. The molecule has 0 aliphatic carbocycles. The van der Waals surface area contributed by atoms with Gasteiger partial charge in [0.05, 0.1) is 12.8 Å². The Hall–Kier alpha value is -1.79. The maximum Gasteiger partial charge on any atom is 0.474 e. The molecular formula is C14H19N2O5P. The fraction of sp³-hybridized carbons (Fsp3) is 0.286. The summed E-state index contributed by atoms with van der Waals surface area (Å²) in [5.74, 6) is 0.211. The van der Waals surface area contributed by atoms with Crippen LogP contribution in [-0.2, 0) is 24.6 Å². The van der Waals surface area contributed by atoms with Crippen molar-refractivity contribution < 1.29 is 23.2 Å². The first-order valence-electron chi connectivity index (χ1n) is 6.44. The van der Waals surface area contributed by atoms with Crippen molar-refractivity contribution in [1.82, 2.24) is 9.97 Å². The molecule has 1 N–H and O–H groups in total. The number of aromatic nitrogens is 2. The molecule has 0 bridgehead atoms. The first-order valence-corrected chi connectivity index (χ1v) is 7.90. The van der Waals surface area contributed by atoms with Crippen molar-refractivity contribution in [3.63, 3.8) is 0 Å². The quantitative estimate of drug-likeness (QED) is 0.816. The Labute approximate surface area is 129 Å². The van der Waals surface area contributed by atoms with E-state index < -0.39 is 7.82 Å². The third-order valence-electron chi connectivity index (χ3n) is 2.43. The third kappa shape index (κ3) is 7.28. The number of rotatable bonds is 6. The van der Waals surface area contributed by atoms with Crippen LogP contribution in [0.5, 0.6) is 5.75 Å². The van der Waals surface area contributed by atoms with Crippen LogP contribution in [0.3, 0.4) is 0 Å². The van der Waals surface area contributed by atoms with Gasteiger partial charge < -0.3 is 5.11 Å². The Kier molecular flexibility index (Phi) is 8.32. The molecular weight excluding hydrogens is 307 g/mol. The molecule has 8 heteroatoms. The summed E-state index contributed by atoms with van der Waals surface area (Å²) in [4.78, 5) is 7.73. The Balaban J connectivity index is 0.000000287. The second-order valence-corrected chi connectivity index (χ2v) is 5.81. The summed E-state index contributed by atoms with van der Waals surface area (Å²) < 4.78 is 25.7. The van der Waals surface area contributed by atoms with Gasteiger partial charge in [0.2, 0.25) is 0 Å². The molecule has 0 radical (unpaired) electrons. The van der Waals surface area contributed by atoms with E-state index in [1.165, 1.54) is 20.4 Å². The number of pyridine rings is 2. The van der Waals surface area contributed by atoms with E-state index in [1.54, 1.807) is 24.5 Å². The topological polar surface area (TPSA) is 90.8 Å². The minimum atomic E-state index is -3.35. The molecule has 2 rings (SSSR count). The number of hydrogen-bond donors (Lipinski definition) is 1. The normalized spacial score (nSPS) is 10.6. The molecule has 22 heavy (non-hydrogen) atoms. The van der Waals surface area contributed by atoms with Gasteiger partial charge in [0.15, 0.2) is 0 Å². The fourth-order valence-electron chi connectivity index (χ4n) is 1.34. The van der Waals surface area contributed by atoms with Gasteiger partial charge in [0, 0.05) is 38.7 Å². The molecule has 0 saturated heterocycles. The molecule has 0 unspecified atom stereocenters. The first-order chi connectivity index (χ1) is 10.6. The predicted molar refractivity (Wildman–Crippen MR) is 81.4 cm³/mol. The summed E-state index contributed by atoms with van der Waals surface area (Å²) in [6.07, 6.45) is 5.26. The summed E-state index contributed by atoms with van der Waals surface area (Å²) in [6, 6.07) is 8.84. The van der Waals surface area contributed by atoms with E-state index in [1.807, 2.05) is 18.2 Å². The Morgan fingerprint density at radius 1 is 1.14 bits per heavy atom. The van der Waals surface area contributed by atoms with Crippen molar-refractivity contribution in [2.75, 3.05) is 20.8 Å². The van der Waals surface area contributed by atoms with E-state index in [0.29, 0.717) is 6.42 Å². The molecule has 0 fully saturated rings. The van der Waals surface area contributed by atoms with Gasteiger partial charge in [-0.1, -0.05) is 6.07 Å². The Morgan fingerprint density at radius 3 is 2.36 bits per heavy atom. The predicted octanol–water partition coefficient (Wildman–Crippen LogP) is 2.83. The van der Waals surface area contributed by atoms with Crippen molar-refractivity contribution in [2.45, 2.75) is 6.42 Å². The maximum atomic E-state index is 11.5. The SMILES string of the molecule is COP(=O)(OC)OCCc1ccccn1.Oc1cccnc1. The molecule has 120 valence electrons. The van der Waals surface area contributed by atoms with Crippen LogP contribution in [0.25, 0.3) is 0 Å². The minimum absolute atomic E-state index is 0.211. The third-order valence-corrected chi connectivity index (χ3v) is 3.82. The van der Waals surface area contributed by atoms with E-state index >= 15 is 0 Å². The highest BCUT2D eigenvalue weighted by atomic mass is 31.2. The Bertz CT molecular complexity index is 560. The van der Waals surface area contributed by atoms with E-state index in [4.69, 9.17) is 9.63 Å². The van der Waals surface area contributed by atoms with Crippen LogP contribution in [0, 0.1) is 0 Å². The van der Waals surface area contributed by atoms with Crippen LogP contribution in [0.2, 0.25) is 0 Å². The number of hydrogen-bond acceptors (Lipinski definition) is 7. The molecule has 2 aromatic heterocycles. The van der Waals surface area contributed by atoms with E-state index in [0.717, 1.165) is 5.69 Å². The molecule has 0 aliphatic rings. The zero-order valence-corrected chi connectivity index (χ0v) is 13.3. The fourth-order valence-corrected chi connectivity index (χ4v) is 2.02. The average molecular weight is 326 g/mol. The van der Waals surface area contributed by atoms with Crippen molar-refractivity contribution in [2.24, 2.45) is 0 Å². The lowest BCUT2D eigenvalue weighted by molar-refractivity contribution is 0.153. The first kappa shape index (κ1) is 18.3. The zero-order valence-electron chi connectivity index (χ0n) is 12.5. The second-order valence-electron chi connectivity index (χ2n) is 3.93. The molecule has 0 aromatic carbocycles. The molecule has 2 aromatic rings. The van der Waals surface area contributed by atoms with Crippen molar-refractivity contribution >= 4 is 7.82 Å². The van der Waals surface area contributed by atoms with Gasteiger partial charge in [0.25, 0.3) is 0 Å². The molecule has 2 heterocycles. The van der Waals surface area contributed by atoms with Gasteiger partial charge in [-0.25, -0.2) is 4.57 Å². The summed E-state index contributed by atoms with van der Waals surface area (Å²) in [6.45, 7) is 0.246. The van der Waals surface area contributed by atoms with Crippen LogP contribution in [-0.4, -0.2) is 35.9 Å². The molecule has 0 amide bonds. The molecule has 0 atom stereocenters. The number of phosphoric ester groups is 1. The van der Waals surface area contributed by atoms with Gasteiger partial charge in [0.1, 0.15) is 5.75 Å². The number of nitrogens with zero attached hydrogens (tertiary/aromatic N) is 2. The van der Waals surface area contributed by atoms with E-state index in [2.05, 4.69) is 19.0 Å². The van der Waals surface area contributed by atoms with Gasteiger partial charge in [-0.2, -0.15) is 0 Å². The van der Waals surface area contributed by atoms with Crippen molar-refractivity contribution in [3.8, 4) is 5.75 Å². The summed E-state index contributed by atoms with van der Waals surface area (Å²) in [5.41, 5.74) is 0.872. The highest BCUT2D eigenvalue weighted by Gasteiger charge is 2.21. The number of phosphoric acid groups is 1. The maximum absolute atomic E-state index is 11.5. The van der Waals surface area contributed by atoms with Gasteiger partial charge in [-0.15, -0.1) is 0 Å². The van der Waals surface area contributed by atoms with E-state index in [9.17, 15) is 4.57 Å². The van der Waals surface area contributed by atoms with Crippen LogP contribution >= 0.6 is 7.82 Å². The monoisotopic (exact) mass is 326 g/mol. The Morgan fingerprint density at radius 2 is 1.91 bits per heavy atom. The molecule has 0 aliphatic heterocycles. The molecule has 0 saturated carbocycles. The smallest absolute Gasteiger partial charge is 0.474 e. The lowest BCUT2D eigenvalue weighted by Crippen LogP contribution is -2.01. The van der Waals surface area contributed by atoms with E-state index in [-0.39, 0.29) is 12.4 Å². The summed E-state index contributed by atoms with van der Waals surface area (Å²) >= 11 is 0. The highest BCUT2D eigenvalue weighted by molar-refractivity contribution is 7.48. The lowest BCUT2D eigenvalue weighted by Gasteiger charge is -2.12. The number of aromatic hydroxyl groups is 1. The van der Waals surface area contributed by atoms with Crippen LogP contribution in [0.4, 0.5) is 0 Å². The zero-order chi connectivity index (χ0) is 16.3. The van der Waals surface area contributed by atoms with Crippen LogP contribution in [0.1, 0.15) is 5.69 Å². The van der Waals surface area contributed by atoms with Crippen molar-refractivity contribution in [3.05, 3.63) is 54.6 Å². The standard InChI is InChI=1S/C9H14NO4P.C5H5NO/c1-12-15(11,13-2)14-8-6-9-5-3-4-7-10-9;7-5-2-1-3-6-4-5/h3-5,7H,6,8H2,1-2H3;1-4,7H. The summed E-state index contributed by atoms with van der Waals surface area (Å²) in [7, 11) is -0.780. The largest absolute Gasteiger partial charge is 0.506 e. The van der Waals surface area contributed by atoms with Crippen molar-refractivity contribution in [1.29, 1.82) is 0 Å². The van der Waals surface area contributed by atoms with Gasteiger partial charge in [-0.3, -0.25) is 23.5 Å².